The second-order valence-corrected chi connectivity index (χ2v) is 13.0. The summed E-state index contributed by atoms with van der Waals surface area (Å²) >= 11 is 0. The molecule has 2 aliphatic heterocycles. The van der Waals surface area contributed by atoms with Crippen LogP contribution in [-0.4, -0.2) is 68.0 Å². The van der Waals surface area contributed by atoms with Gasteiger partial charge in [-0.25, -0.2) is 4.79 Å². The van der Waals surface area contributed by atoms with Crippen LogP contribution in [0, 0.1) is 20.2 Å². The molecule has 2 saturated heterocycles. The maximum absolute atomic E-state index is 15.2. The summed E-state index contributed by atoms with van der Waals surface area (Å²) in [5, 5.41) is 33.4. The van der Waals surface area contributed by atoms with Gasteiger partial charge in [0.15, 0.2) is 5.79 Å². The molecule has 4 atom stereocenters. The van der Waals surface area contributed by atoms with Crippen molar-refractivity contribution in [2.45, 2.75) is 69.9 Å². The minimum absolute atomic E-state index is 0.0109. The van der Waals surface area contributed by atoms with Crippen LogP contribution in [0.15, 0.2) is 97.1 Å². The Labute approximate surface area is 288 Å². The number of amides is 2. The average Bonchev–Trinajstić information content (AvgIpc) is 3.40. The first-order valence-electron chi connectivity index (χ1n) is 16.2. The number of carbonyl (C=O) groups excluding carboxylic acids is 1. The van der Waals surface area contributed by atoms with Crippen molar-refractivity contribution < 1.29 is 34.0 Å². The maximum atomic E-state index is 15.2. The quantitative estimate of drug-likeness (QED) is 0.140. The van der Waals surface area contributed by atoms with Gasteiger partial charge in [-0.05, 0) is 73.2 Å². The van der Waals surface area contributed by atoms with Crippen LogP contribution in [0.2, 0.25) is 0 Å². The molecule has 6 rings (SSSR count). The van der Waals surface area contributed by atoms with Gasteiger partial charge in [-0.15, -0.1) is 0 Å². The SMILES string of the molecule is COc1ccc(C[C@@H]2[C@@H]3OC(C)(C)O[C@H]3[C@@H](Cc3ccc(O)cc3)N(Cc3cccc([N+](=O)[O-])c3)C(=O)N2Cc2cccc([N+](=O)[O-])c2)cc1. The van der Waals surface area contributed by atoms with E-state index in [0.717, 1.165) is 11.1 Å². The van der Waals surface area contributed by atoms with Crippen molar-refractivity contribution in [3.63, 3.8) is 0 Å². The van der Waals surface area contributed by atoms with Gasteiger partial charge in [-0.3, -0.25) is 20.2 Å². The Balaban J connectivity index is 1.50. The number of fused-ring (bicyclic) bond motifs is 1. The lowest BCUT2D eigenvalue weighted by molar-refractivity contribution is -0.385. The number of carbonyl (C=O) groups is 1. The van der Waals surface area contributed by atoms with Gasteiger partial charge >= 0.3 is 6.03 Å². The summed E-state index contributed by atoms with van der Waals surface area (Å²) in [5.74, 6) is -0.257. The molecule has 0 aliphatic carbocycles. The lowest BCUT2D eigenvalue weighted by Crippen LogP contribution is -2.51. The molecule has 2 aliphatic rings. The van der Waals surface area contributed by atoms with Crippen molar-refractivity contribution in [3.8, 4) is 11.5 Å². The minimum atomic E-state index is -1.03. The molecule has 0 spiro atoms. The number of nitro benzene ring substituents is 2. The van der Waals surface area contributed by atoms with Crippen LogP contribution >= 0.6 is 0 Å². The van der Waals surface area contributed by atoms with Gasteiger partial charge in [0.25, 0.3) is 11.4 Å². The molecule has 13 heteroatoms. The number of hydrogen-bond acceptors (Lipinski definition) is 9. The monoisotopic (exact) mass is 682 g/mol. The van der Waals surface area contributed by atoms with Crippen molar-refractivity contribution >= 4 is 17.4 Å². The fraction of sp³-hybridized carbons (Fsp3) is 0.324. The second kappa shape index (κ2) is 14.1. The number of ether oxygens (including phenoxy) is 3. The highest BCUT2D eigenvalue weighted by molar-refractivity contribution is 5.76. The van der Waals surface area contributed by atoms with Gasteiger partial charge in [0.2, 0.25) is 0 Å². The van der Waals surface area contributed by atoms with E-state index >= 15 is 4.79 Å². The number of phenolic OH excluding ortho intramolecular Hbond substituents is 1. The fourth-order valence-electron chi connectivity index (χ4n) is 6.84. The third-order valence-electron chi connectivity index (χ3n) is 9.15. The standard InChI is InChI=1S/C37H38N4O9/c1-37(2)49-34-32(20-24-10-14-30(42)15-11-24)38(22-26-6-4-8-28(18-26)40(44)45)36(43)39(23-27-7-5-9-29(19-27)41(46)47)33(35(34)50-37)21-25-12-16-31(48-3)17-13-25/h4-19,32-35,42H,20-23H2,1-3H3/t32-,33-,34+,35+/m1/s1. The molecule has 2 fully saturated rings. The normalized spacial score (nSPS) is 21.4. The molecule has 260 valence electrons. The zero-order valence-corrected chi connectivity index (χ0v) is 27.9. The molecule has 13 nitrogen and oxygen atoms in total. The molecule has 0 unspecified atom stereocenters. The van der Waals surface area contributed by atoms with Crippen LogP contribution in [0.1, 0.15) is 36.1 Å². The van der Waals surface area contributed by atoms with E-state index in [0.29, 0.717) is 29.7 Å². The molecule has 0 aromatic heterocycles. The number of nitro groups is 2. The Morgan fingerprint density at radius 2 is 1.16 bits per heavy atom. The van der Waals surface area contributed by atoms with E-state index in [1.54, 1.807) is 65.4 Å². The van der Waals surface area contributed by atoms with Crippen molar-refractivity contribution in [1.82, 2.24) is 9.80 Å². The van der Waals surface area contributed by atoms with E-state index in [1.807, 2.05) is 38.1 Å². The number of phenols is 1. The Morgan fingerprint density at radius 3 is 1.58 bits per heavy atom. The lowest BCUT2D eigenvalue weighted by atomic mass is 9.90. The van der Waals surface area contributed by atoms with Gasteiger partial charge in [-0.1, -0.05) is 48.5 Å². The molecule has 0 bridgehead atoms. The first-order chi connectivity index (χ1) is 23.9. The topological polar surface area (TPSA) is 158 Å². The van der Waals surface area contributed by atoms with Gasteiger partial charge < -0.3 is 29.1 Å². The third-order valence-corrected chi connectivity index (χ3v) is 9.15. The summed E-state index contributed by atoms with van der Waals surface area (Å²) in [4.78, 5) is 41.0. The molecular weight excluding hydrogens is 644 g/mol. The first kappa shape index (κ1) is 34.3. The largest absolute Gasteiger partial charge is 0.508 e. The highest BCUT2D eigenvalue weighted by Crippen LogP contribution is 2.41. The molecule has 2 heterocycles. The molecule has 4 aromatic carbocycles. The molecule has 2 amide bonds. The number of aromatic hydroxyl groups is 1. The van der Waals surface area contributed by atoms with Crippen molar-refractivity contribution in [1.29, 1.82) is 0 Å². The van der Waals surface area contributed by atoms with E-state index in [4.69, 9.17) is 14.2 Å². The number of nitrogens with zero attached hydrogens (tertiary/aromatic N) is 4. The van der Waals surface area contributed by atoms with Gasteiger partial charge in [0.05, 0.1) is 29.0 Å². The summed E-state index contributed by atoms with van der Waals surface area (Å²) in [5.41, 5.74) is 2.62. The lowest BCUT2D eigenvalue weighted by Gasteiger charge is -2.37. The van der Waals surface area contributed by atoms with Crippen LogP contribution in [0.4, 0.5) is 16.2 Å². The van der Waals surface area contributed by atoms with E-state index in [9.17, 15) is 25.3 Å². The van der Waals surface area contributed by atoms with Gasteiger partial charge in [-0.2, -0.15) is 0 Å². The minimum Gasteiger partial charge on any atom is -0.508 e. The highest BCUT2D eigenvalue weighted by atomic mass is 16.8. The molecule has 1 N–H and O–H groups in total. The predicted octanol–water partition coefficient (Wildman–Crippen LogP) is 6.40. The number of hydrogen-bond donors (Lipinski definition) is 1. The predicted molar refractivity (Wildman–Crippen MR) is 183 cm³/mol. The summed E-state index contributed by atoms with van der Waals surface area (Å²) < 4.78 is 18.7. The van der Waals surface area contributed by atoms with E-state index in [2.05, 4.69) is 0 Å². The highest BCUT2D eigenvalue weighted by Gasteiger charge is 2.55. The van der Waals surface area contributed by atoms with E-state index in [1.165, 1.54) is 24.3 Å². The third kappa shape index (κ3) is 7.53. The van der Waals surface area contributed by atoms with Crippen LogP contribution in [-0.2, 0) is 35.4 Å². The Hall–Kier alpha value is -5.53. The van der Waals surface area contributed by atoms with Crippen molar-refractivity contribution in [3.05, 3.63) is 140 Å². The van der Waals surface area contributed by atoms with E-state index < -0.39 is 39.9 Å². The second-order valence-electron chi connectivity index (χ2n) is 13.0. The molecule has 50 heavy (non-hydrogen) atoms. The molecule has 4 aromatic rings. The van der Waals surface area contributed by atoms with Crippen LogP contribution < -0.4 is 4.74 Å². The molecule has 0 saturated carbocycles. The zero-order chi connectivity index (χ0) is 35.6. The number of benzene rings is 4. The Morgan fingerprint density at radius 1 is 0.720 bits per heavy atom. The van der Waals surface area contributed by atoms with Crippen LogP contribution in [0.5, 0.6) is 11.5 Å². The first-order valence-corrected chi connectivity index (χ1v) is 16.2. The van der Waals surface area contributed by atoms with E-state index in [-0.39, 0.29) is 36.2 Å². The van der Waals surface area contributed by atoms with Crippen molar-refractivity contribution in [2.24, 2.45) is 0 Å². The number of non-ortho nitro benzene ring substituents is 2. The van der Waals surface area contributed by atoms with Crippen LogP contribution in [0.3, 0.4) is 0 Å². The van der Waals surface area contributed by atoms with Crippen LogP contribution in [0.25, 0.3) is 0 Å². The average molecular weight is 683 g/mol. The van der Waals surface area contributed by atoms with Gasteiger partial charge in [0.1, 0.15) is 23.7 Å². The number of methoxy groups -OCH3 is 1. The Kier molecular flexibility index (Phi) is 9.71. The summed E-state index contributed by atoms with van der Waals surface area (Å²) in [7, 11) is 1.58. The summed E-state index contributed by atoms with van der Waals surface area (Å²) in [6, 6.07) is 25.0. The number of rotatable bonds is 11. The molecular formula is C37H38N4O9. The zero-order valence-electron chi connectivity index (χ0n) is 27.9. The molecule has 0 radical (unpaired) electrons. The summed E-state index contributed by atoms with van der Waals surface area (Å²) in [6.07, 6.45) is -0.615. The smallest absolute Gasteiger partial charge is 0.321 e. The Bertz CT molecular complexity index is 1870. The fourth-order valence-corrected chi connectivity index (χ4v) is 6.84. The summed E-state index contributed by atoms with van der Waals surface area (Å²) in [6.45, 7) is 3.67. The number of urea groups is 1. The maximum Gasteiger partial charge on any atom is 0.321 e. The van der Waals surface area contributed by atoms with Crippen molar-refractivity contribution in [2.75, 3.05) is 7.11 Å². The van der Waals surface area contributed by atoms with Gasteiger partial charge in [0, 0.05) is 37.4 Å².